The molecule has 1 aromatic heterocycles. The van der Waals surface area contributed by atoms with Gasteiger partial charge in [-0.15, -0.1) is 5.10 Å². The van der Waals surface area contributed by atoms with Crippen LogP contribution >= 0.6 is 0 Å². The molecule has 9 nitrogen and oxygen atoms in total. The number of rotatable bonds is 8. The smallest absolute Gasteiger partial charge is 0.322 e. The second kappa shape index (κ2) is 10.3. The maximum atomic E-state index is 14.1. The standard InChI is InChI=1S/C23H28F2N6O3S/c1-4-31-22(16(2)28-35(32,33)21-14-17(24)8-9-20(21)25)26-27-23(31)34-19-7-5-6-18(15-19)30-12-10-29(3)11-13-30/h5-9,14-16,28H,4,10-13H2,1-3H3/t16-/m1/s1. The van der Waals surface area contributed by atoms with Crippen LogP contribution in [0, 0.1) is 11.6 Å². The van der Waals surface area contributed by atoms with Gasteiger partial charge in [0.2, 0.25) is 10.0 Å². The van der Waals surface area contributed by atoms with E-state index in [1.54, 1.807) is 11.5 Å². The third-order valence-corrected chi connectivity index (χ3v) is 7.41. The Balaban J connectivity index is 1.52. The van der Waals surface area contributed by atoms with E-state index in [1.165, 1.54) is 0 Å². The van der Waals surface area contributed by atoms with Gasteiger partial charge in [-0.3, -0.25) is 4.57 Å². The van der Waals surface area contributed by atoms with Crippen LogP contribution in [-0.2, 0) is 16.6 Å². The fraction of sp³-hybridized carbons (Fsp3) is 0.391. The largest absolute Gasteiger partial charge is 0.424 e. The molecule has 0 spiro atoms. The Bertz CT molecular complexity index is 1290. The maximum Gasteiger partial charge on any atom is 0.322 e. The average Bonchev–Trinajstić information content (AvgIpc) is 3.23. The van der Waals surface area contributed by atoms with Crippen molar-refractivity contribution in [3.05, 3.63) is 59.9 Å². The number of hydrogen-bond acceptors (Lipinski definition) is 7. The summed E-state index contributed by atoms with van der Waals surface area (Å²) < 4.78 is 62.9. The van der Waals surface area contributed by atoms with Crippen LogP contribution in [0.25, 0.3) is 0 Å². The summed E-state index contributed by atoms with van der Waals surface area (Å²) in [6.07, 6.45) is 0. The number of nitrogens with one attached hydrogen (secondary N) is 1. The zero-order valence-electron chi connectivity index (χ0n) is 19.8. The van der Waals surface area contributed by atoms with Crippen LogP contribution in [0.3, 0.4) is 0 Å². The third kappa shape index (κ3) is 5.60. The maximum absolute atomic E-state index is 14.1. The number of sulfonamides is 1. The van der Waals surface area contributed by atoms with Crippen molar-refractivity contribution in [2.75, 3.05) is 38.1 Å². The molecule has 188 valence electrons. The normalized spacial score (nSPS) is 15.9. The molecule has 0 amide bonds. The number of hydrogen-bond donors (Lipinski definition) is 1. The SMILES string of the molecule is CCn1c(Oc2cccc(N3CCN(C)CC3)c2)nnc1[C@@H](C)NS(=O)(=O)c1cc(F)ccc1F. The van der Waals surface area contributed by atoms with E-state index >= 15 is 0 Å². The molecule has 1 N–H and O–H groups in total. The molecule has 35 heavy (non-hydrogen) atoms. The van der Waals surface area contributed by atoms with Gasteiger partial charge < -0.3 is 14.5 Å². The predicted octanol–water partition coefficient (Wildman–Crippen LogP) is 3.16. The summed E-state index contributed by atoms with van der Waals surface area (Å²) in [4.78, 5) is 3.79. The first-order chi connectivity index (χ1) is 16.7. The summed E-state index contributed by atoms with van der Waals surface area (Å²) in [6.45, 7) is 7.57. The molecule has 0 unspecified atom stereocenters. The van der Waals surface area contributed by atoms with Crippen molar-refractivity contribution >= 4 is 15.7 Å². The highest BCUT2D eigenvalue weighted by Crippen LogP contribution is 2.28. The highest BCUT2D eigenvalue weighted by atomic mass is 32.2. The highest BCUT2D eigenvalue weighted by molar-refractivity contribution is 7.89. The third-order valence-electron chi connectivity index (χ3n) is 5.86. The molecular weight excluding hydrogens is 478 g/mol. The summed E-state index contributed by atoms with van der Waals surface area (Å²) in [7, 11) is -2.25. The van der Waals surface area contributed by atoms with E-state index in [1.807, 2.05) is 31.2 Å². The number of piperazine rings is 1. The Hall–Kier alpha value is -3.09. The summed E-state index contributed by atoms with van der Waals surface area (Å²) in [5.41, 5.74) is 1.04. The van der Waals surface area contributed by atoms with E-state index < -0.39 is 32.6 Å². The van der Waals surface area contributed by atoms with E-state index in [4.69, 9.17) is 4.74 Å². The first-order valence-electron chi connectivity index (χ1n) is 11.3. The molecule has 0 aliphatic carbocycles. The van der Waals surface area contributed by atoms with Gasteiger partial charge in [0.15, 0.2) is 5.82 Å². The minimum atomic E-state index is -4.35. The van der Waals surface area contributed by atoms with Gasteiger partial charge in [0.05, 0.1) is 6.04 Å². The molecular formula is C23H28F2N6O3S. The van der Waals surface area contributed by atoms with Crippen LogP contribution < -0.4 is 14.4 Å². The molecule has 1 fully saturated rings. The molecule has 1 atom stereocenters. The van der Waals surface area contributed by atoms with Crippen molar-refractivity contribution in [2.24, 2.45) is 0 Å². The lowest BCUT2D eigenvalue weighted by molar-refractivity contribution is 0.312. The first-order valence-corrected chi connectivity index (χ1v) is 12.8. The van der Waals surface area contributed by atoms with Crippen LogP contribution in [0.15, 0.2) is 47.4 Å². The lowest BCUT2D eigenvalue weighted by Gasteiger charge is -2.34. The van der Waals surface area contributed by atoms with Gasteiger partial charge in [-0.1, -0.05) is 11.2 Å². The van der Waals surface area contributed by atoms with Gasteiger partial charge in [-0.25, -0.2) is 21.9 Å². The number of ether oxygens (including phenoxy) is 1. The Kier molecular flexibility index (Phi) is 7.33. The topological polar surface area (TPSA) is 92.6 Å². The van der Waals surface area contributed by atoms with Crippen LogP contribution in [-0.4, -0.2) is 61.3 Å². The van der Waals surface area contributed by atoms with Crippen molar-refractivity contribution in [1.82, 2.24) is 24.4 Å². The zero-order chi connectivity index (χ0) is 25.2. The van der Waals surface area contributed by atoms with Gasteiger partial charge in [0.1, 0.15) is 22.3 Å². The molecule has 3 aromatic rings. The molecule has 0 radical (unpaired) electrons. The Morgan fingerprint density at radius 2 is 1.83 bits per heavy atom. The quantitative estimate of drug-likeness (QED) is 0.502. The van der Waals surface area contributed by atoms with E-state index in [-0.39, 0.29) is 11.8 Å². The Morgan fingerprint density at radius 3 is 2.54 bits per heavy atom. The second-order valence-electron chi connectivity index (χ2n) is 8.39. The Morgan fingerprint density at radius 1 is 1.09 bits per heavy atom. The fourth-order valence-corrected chi connectivity index (χ4v) is 5.23. The van der Waals surface area contributed by atoms with Gasteiger partial charge >= 0.3 is 6.01 Å². The molecule has 1 aliphatic heterocycles. The molecule has 0 bridgehead atoms. The van der Waals surface area contributed by atoms with E-state index in [2.05, 4.69) is 31.8 Å². The lowest BCUT2D eigenvalue weighted by atomic mass is 10.2. The number of aromatic nitrogens is 3. The molecule has 1 saturated heterocycles. The Labute approximate surface area is 203 Å². The summed E-state index contributed by atoms with van der Waals surface area (Å²) in [5.74, 6) is -1.05. The monoisotopic (exact) mass is 506 g/mol. The van der Waals surface area contributed by atoms with Crippen molar-refractivity contribution < 1.29 is 21.9 Å². The van der Waals surface area contributed by atoms with Gasteiger partial charge in [0.25, 0.3) is 0 Å². The summed E-state index contributed by atoms with van der Waals surface area (Å²) in [6, 6.07) is 9.24. The van der Waals surface area contributed by atoms with E-state index in [0.717, 1.165) is 44.0 Å². The van der Waals surface area contributed by atoms with Crippen LogP contribution in [0.1, 0.15) is 25.7 Å². The number of likely N-dealkylation sites (N-methyl/N-ethyl adjacent to an activating group) is 1. The molecule has 2 aromatic carbocycles. The zero-order valence-corrected chi connectivity index (χ0v) is 20.6. The number of halogens is 2. The second-order valence-corrected chi connectivity index (χ2v) is 10.1. The summed E-state index contributed by atoms with van der Waals surface area (Å²) >= 11 is 0. The highest BCUT2D eigenvalue weighted by Gasteiger charge is 2.26. The molecule has 0 saturated carbocycles. The van der Waals surface area contributed by atoms with Gasteiger partial charge in [-0.2, -0.15) is 0 Å². The number of anilines is 1. The van der Waals surface area contributed by atoms with E-state index in [9.17, 15) is 17.2 Å². The number of benzene rings is 2. The van der Waals surface area contributed by atoms with Crippen molar-refractivity contribution in [3.8, 4) is 11.8 Å². The fourth-order valence-electron chi connectivity index (χ4n) is 3.94. The lowest BCUT2D eigenvalue weighted by Crippen LogP contribution is -2.44. The van der Waals surface area contributed by atoms with Crippen LogP contribution in [0.2, 0.25) is 0 Å². The minimum Gasteiger partial charge on any atom is -0.424 e. The van der Waals surface area contributed by atoms with Gasteiger partial charge in [0, 0.05) is 44.5 Å². The van der Waals surface area contributed by atoms with Gasteiger partial charge in [-0.05, 0) is 51.2 Å². The summed E-state index contributed by atoms with van der Waals surface area (Å²) in [5, 5.41) is 8.19. The molecule has 2 heterocycles. The molecule has 4 rings (SSSR count). The van der Waals surface area contributed by atoms with Crippen molar-refractivity contribution in [2.45, 2.75) is 31.3 Å². The first kappa shape index (κ1) is 25.0. The number of nitrogens with zero attached hydrogens (tertiary/aromatic N) is 5. The van der Waals surface area contributed by atoms with Crippen molar-refractivity contribution in [1.29, 1.82) is 0 Å². The van der Waals surface area contributed by atoms with Crippen LogP contribution in [0.5, 0.6) is 11.8 Å². The van der Waals surface area contributed by atoms with E-state index in [0.29, 0.717) is 18.4 Å². The van der Waals surface area contributed by atoms with Crippen LogP contribution in [0.4, 0.5) is 14.5 Å². The average molecular weight is 507 g/mol. The predicted molar refractivity (Wildman–Crippen MR) is 127 cm³/mol. The molecule has 12 heteroatoms. The molecule has 1 aliphatic rings. The minimum absolute atomic E-state index is 0.195. The van der Waals surface area contributed by atoms with Crippen molar-refractivity contribution in [3.63, 3.8) is 0 Å².